The Bertz CT molecular complexity index is 1460. The smallest absolute Gasteiger partial charge is 0.254 e. The van der Waals surface area contributed by atoms with Crippen molar-refractivity contribution in [3.8, 4) is 11.5 Å². The van der Waals surface area contributed by atoms with Crippen molar-refractivity contribution in [3.63, 3.8) is 0 Å². The summed E-state index contributed by atoms with van der Waals surface area (Å²) in [6, 6.07) is 15.8. The number of nitrogens with one attached hydrogen (secondary N) is 3. The second kappa shape index (κ2) is 11.0. The van der Waals surface area contributed by atoms with Gasteiger partial charge in [-0.15, -0.1) is 0 Å². The van der Waals surface area contributed by atoms with Crippen LogP contribution in [0, 0.1) is 0 Å². The Morgan fingerprint density at radius 2 is 1.87 bits per heavy atom. The summed E-state index contributed by atoms with van der Waals surface area (Å²) in [6.07, 6.45) is 5.34. The second-order valence-corrected chi connectivity index (χ2v) is 10.2. The van der Waals surface area contributed by atoms with Gasteiger partial charge in [0.15, 0.2) is 0 Å². The summed E-state index contributed by atoms with van der Waals surface area (Å²) in [5, 5.41) is 6.57. The molecule has 11 nitrogen and oxygen atoms in total. The lowest BCUT2D eigenvalue weighted by atomic mass is 10.1. The summed E-state index contributed by atoms with van der Waals surface area (Å²) in [6.45, 7) is 0.734. The number of methoxy groups -OCH3 is 2. The fourth-order valence-electron chi connectivity index (χ4n) is 4.10. The summed E-state index contributed by atoms with van der Waals surface area (Å²) in [5.74, 6) is 1.77. The minimum atomic E-state index is -3.60. The van der Waals surface area contributed by atoms with Gasteiger partial charge < -0.3 is 24.8 Å². The summed E-state index contributed by atoms with van der Waals surface area (Å²) in [7, 11) is -0.441. The van der Waals surface area contributed by atoms with Crippen molar-refractivity contribution >= 4 is 27.4 Å². The summed E-state index contributed by atoms with van der Waals surface area (Å²) in [5.41, 5.74) is 3.33. The predicted molar refractivity (Wildman–Crippen MR) is 142 cm³/mol. The minimum Gasteiger partial charge on any atom is -0.497 e. The number of fused-ring (bicyclic) bond motifs is 1. The summed E-state index contributed by atoms with van der Waals surface area (Å²) < 4.78 is 43.8. The molecule has 2 aromatic carbocycles. The fraction of sp³-hybridized carbons (Fsp3) is 0.231. The number of rotatable bonds is 11. The highest BCUT2D eigenvalue weighted by molar-refractivity contribution is 7.89. The van der Waals surface area contributed by atoms with E-state index < -0.39 is 10.0 Å². The maximum atomic E-state index is 12.5. The molecular weight excluding hydrogens is 508 g/mol. The van der Waals surface area contributed by atoms with E-state index in [9.17, 15) is 8.42 Å². The first kappa shape index (κ1) is 25.4. The topological polar surface area (TPSA) is 127 Å². The van der Waals surface area contributed by atoms with Crippen LogP contribution < -0.4 is 24.8 Å². The largest absolute Gasteiger partial charge is 0.497 e. The maximum absolute atomic E-state index is 12.5. The highest BCUT2D eigenvalue weighted by atomic mass is 32.2. The van der Waals surface area contributed by atoms with E-state index in [0.29, 0.717) is 30.4 Å². The quantitative estimate of drug-likeness (QED) is 0.315. The van der Waals surface area contributed by atoms with Crippen LogP contribution in [-0.2, 0) is 14.8 Å². The van der Waals surface area contributed by atoms with Crippen LogP contribution in [0.3, 0.4) is 0 Å². The van der Waals surface area contributed by atoms with Crippen LogP contribution in [0.15, 0.2) is 78.2 Å². The van der Waals surface area contributed by atoms with Crippen molar-refractivity contribution in [2.75, 3.05) is 32.6 Å². The van der Waals surface area contributed by atoms with Gasteiger partial charge in [-0.05, 0) is 48.9 Å². The lowest BCUT2D eigenvalue weighted by Crippen LogP contribution is -2.31. The van der Waals surface area contributed by atoms with Crippen LogP contribution in [0.5, 0.6) is 11.5 Å². The molecule has 1 aromatic heterocycles. The first-order valence-electron chi connectivity index (χ1n) is 12.0. The van der Waals surface area contributed by atoms with Crippen molar-refractivity contribution in [1.29, 1.82) is 0 Å². The highest BCUT2D eigenvalue weighted by Gasteiger charge is 2.36. The summed E-state index contributed by atoms with van der Waals surface area (Å²) >= 11 is 0. The van der Waals surface area contributed by atoms with Crippen molar-refractivity contribution in [2.24, 2.45) is 0 Å². The average Bonchev–Trinajstić information content (AvgIpc) is 3.55. The van der Waals surface area contributed by atoms with Crippen LogP contribution in [0.2, 0.25) is 0 Å². The number of anilines is 1. The Balaban J connectivity index is 1.25. The van der Waals surface area contributed by atoms with Crippen molar-refractivity contribution < 1.29 is 22.6 Å². The van der Waals surface area contributed by atoms with Crippen LogP contribution >= 0.6 is 0 Å². The van der Waals surface area contributed by atoms with E-state index in [-0.39, 0.29) is 17.8 Å². The first-order chi connectivity index (χ1) is 18.5. The van der Waals surface area contributed by atoms with E-state index in [4.69, 9.17) is 19.2 Å². The lowest BCUT2D eigenvalue weighted by molar-refractivity contribution is 0.0848. The van der Waals surface area contributed by atoms with Crippen molar-refractivity contribution in [2.45, 2.75) is 17.7 Å². The van der Waals surface area contributed by atoms with Crippen LogP contribution in [0.4, 0.5) is 5.95 Å². The molecule has 2 aliphatic rings. The van der Waals surface area contributed by atoms with Crippen molar-refractivity contribution in [3.05, 3.63) is 84.5 Å². The number of benzene rings is 2. The molecule has 198 valence electrons. The molecule has 5 rings (SSSR count). The zero-order valence-electron chi connectivity index (χ0n) is 20.9. The molecule has 3 N–H and O–H groups in total. The Kier molecular flexibility index (Phi) is 7.33. The Morgan fingerprint density at radius 1 is 1.05 bits per heavy atom. The number of nitrogens with zero attached hydrogens (tertiary/aromatic N) is 3. The predicted octanol–water partition coefficient (Wildman–Crippen LogP) is 2.79. The SMILES string of the molecule is COc1ccc(S(=O)(=O)NCCCNc2nccc(C3=C(c4cccc(OC)c4)NC4OC=CN34)n2)cc1. The molecule has 3 heterocycles. The molecule has 38 heavy (non-hydrogen) atoms. The van der Waals surface area contributed by atoms with Crippen LogP contribution in [-0.4, -0.2) is 56.9 Å². The third-order valence-electron chi connectivity index (χ3n) is 6.00. The fourth-order valence-corrected chi connectivity index (χ4v) is 5.18. The van der Waals surface area contributed by atoms with Gasteiger partial charge in [0.25, 0.3) is 6.35 Å². The molecule has 2 aliphatic heterocycles. The van der Waals surface area contributed by atoms with Gasteiger partial charge >= 0.3 is 0 Å². The third-order valence-corrected chi connectivity index (χ3v) is 7.48. The number of hydrogen-bond acceptors (Lipinski definition) is 10. The van der Waals surface area contributed by atoms with Crippen LogP contribution in [0.1, 0.15) is 17.7 Å². The van der Waals surface area contributed by atoms with Gasteiger partial charge in [0.2, 0.25) is 16.0 Å². The van der Waals surface area contributed by atoms with E-state index in [1.54, 1.807) is 31.7 Å². The molecule has 3 aromatic rings. The molecule has 0 fully saturated rings. The second-order valence-electron chi connectivity index (χ2n) is 8.40. The molecule has 12 heteroatoms. The molecular formula is C26H28N6O5S. The van der Waals surface area contributed by atoms with Crippen LogP contribution in [0.25, 0.3) is 11.4 Å². The molecule has 0 radical (unpaired) electrons. The number of aromatic nitrogens is 2. The first-order valence-corrected chi connectivity index (χ1v) is 13.4. The van der Waals surface area contributed by atoms with Gasteiger partial charge in [0.05, 0.1) is 36.2 Å². The molecule has 0 saturated heterocycles. The standard InChI is InChI=1S/C26H28N6O5S/c1-35-19-7-9-21(10-8-19)38(33,34)29-13-4-12-27-25-28-14-11-22(30-25)24-23(31-26-32(24)15-16-37-26)18-5-3-6-20(17-18)36-2/h3,5-11,14-17,26,29,31H,4,12-13H2,1-2H3,(H,27,28,30). The van der Waals surface area contributed by atoms with E-state index in [1.165, 1.54) is 19.2 Å². The molecule has 0 saturated carbocycles. The molecule has 0 bridgehead atoms. The van der Waals surface area contributed by atoms with Gasteiger partial charge in [-0.3, -0.25) is 4.90 Å². The average molecular weight is 537 g/mol. The van der Waals surface area contributed by atoms with E-state index in [1.807, 2.05) is 41.4 Å². The molecule has 0 amide bonds. The Morgan fingerprint density at radius 3 is 2.66 bits per heavy atom. The van der Waals surface area contributed by atoms with E-state index >= 15 is 0 Å². The minimum absolute atomic E-state index is 0.186. The Labute approximate surface area is 221 Å². The molecule has 0 aliphatic carbocycles. The van der Waals surface area contributed by atoms with Gasteiger partial charge in [-0.1, -0.05) is 12.1 Å². The maximum Gasteiger partial charge on any atom is 0.254 e. The lowest BCUT2D eigenvalue weighted by Gasteiger charge is -2.17. The van der Waals surface area contributed by atoms with Gasteiger partial charge in [-0.25, -0.2) is 23.1 Å². The van der Waals surface area contributed by atoms with Gasteiger partial charge in [0, 0.05) is 31.0 Å². The molecule has 0 spiro atoms. The van der Waals surface area contributed by atoms with E-state index in [2.05, 4.69) is 20.3 Å². The monoisotopic (exact) mass is 536 g/mol. The zero-order chi connectivity index (χ0) is 26.5. The number of hydrogen-bond donors (Lipinski definition) is 3. The Hall–Kier alpha value is -4.29. The summed E-state index contributed by atoms with van der Waals surface area (Å²) in [4.78, 5) is 11.2. The van der Waals surface area contributed by atoms with E-state index in [0.717, 1.165) is 22.7 Å². The highest BCUT2D eigenvalue weighted by Crippen LogP contribution is 2.37. The normalized spacial score (nSPS) is 16.2. The van der Waals surface area contributed by atoms with Gasteiger partial charge in [0.1, 0.15) is 17.8 Å². The number of sulfonamides is 1. The van der Waals surface area contributed by atoms with Crippen molar-refractivity contribution in [1.82, 2.24) is 24.9 Å². The zero-order valence-corrected chi connectivity index (χ0v) is 21.7. The third kappa shape index (κ3) is 5.36. The molecule has 1 atom stereocenters. The molecule has 1 unspecified atom stereocenters. The number of ether oxygens (including phenoxy) is 3. The van der Waals surface area contributed by atoms with Gasteiger partial charge in [-0.2, -0.15) is 0 Å².